The van der Waals surface area contributed by atoms with Crippen LogP contribution >= 0.6 is 0 Å². The lowest BCUT2D eigenvalue weighted by molar-refractivity contribution is -0.156. The van der Waals surface area contributed by atoms with Gasteiger partial charge in [0.2, 0.25) is 0 Å². The number of carboxylic acid groups (broad SMARTS) is 1. The largest absolute Gasteiger partial charge is 0.481 e. The Morgan fingerprint density at radius 3 is 1.73 bits per heavy atom. The fourth-order valence-electron chi connectivity index (χ4n) is 9.96. The van der Waals surface area contributed by atoms with Crippen molar-refractivity contribution < 1.29 is 24.2 Å². The number of ketones is 1. The van der Waals surface area contributed by atoms with Crippen LogP contribution in [-0.4, -0.2) is 29.4 Å². The third kappa shape index (κ3) is 21.1. The molecule has 2 fully saturated rings. The van der Waals surface area contributed by atoms with Crippen molar-refractivity contribution in [1.29, 1.82) is 0 Å². The number of esters is 1. The van der Waals surface area contributed by atoms with Crippen LogP contribution in [0.2, 0.25) is 0 Å². The number of hydrogen-bond acceptors (Lipinski definition) is 4. The topological polar surface area (TPSA) is 80.7 Å². The van der Waals surface area contributed by atoms with E-state index < -0.39 is 11.4 Å². The number of unbranched alkanes of at least 4 members (excludes halogenated alkanes) is 18. The van der Waals surface area contributed by atoms with Gasteiger partial charge in [0.1, 0.15) is 5.78 Å². The lowest BCUT2D eigenvalue weighted by Crippen LogP contribution is -2.40. The van der Waals surface area contributed by atoms with Gasteiger partial charge in [0.05, 0.1) is 12.0 Å². The van der Waals surface area contributed by atoms with E-state index in [9.17, 15) is 19.5 Å². The van der Waals surface area contributed by atoms with Gasteiger partial charge in [-0.15, -0.1) is 0 Å². The van der Waals surface area contributed by atoms with Crippen LogP contribution in [0.3, 0.4) is 0 Å². The second-order valence-electron chi connectivity index (χ2n) is 18.2. The van der Waals surface area contributed by atoms with E-state index in [-0.39, 0.29) is 36.1 Å². The number of carboxylic acids is 1. The molecule has 0 amide bonds. The number of carbonyl (C=O) groups is 3. The summed E-state index contributed by atoms with van der Waals surface area (Å²) in [4.78, 5) is 39.2. The van der Waals surface area contributed by atoms with Crippen molar-refractivity contribution in [3.63, 3.8) is 0 Å². The van der Waals surface area contributed by atoms with Crippen molar-refractivity contribution in [2.24, 2.45) is 35.0 Å². The zero-order valence-corrected chi connectivity index (χ0v) is 36.9. The number of carbonyl (C=O) groups excluding carboxylic acids is 2. The molecule has 0 aromatic carbocycles. The quantitative estimate of drug-likeness (QED) is 0.0384. The van der Waals surface area contributed by atoms with E-state index in [0.717, 1.165) is 95.3 Å². The molecular formula is C50H90O5. The third-order valence-electron chi connectivity index (χ3n) is 13.7. The van der Waals surface area contributed by atoms with Crippen molar-refractivity contribution >= 4 is 17.7 Å². The molecule has 0 aromatic rings. The monoisotopic (exact) mass is 771 g/mol. The highest BCUT2D eigenvalue weighted by atomic mass is 16.5. The first-order valence-electron chi connectivity index (χ1n) is 24.4. The minimum absolute atomic E-state index is 0.00787. The van der Waals surface area contributed by atoms with Gasteiger partial charge in [-0.05, 0) is 75.0 Å². The SMILES string of the molecule is CC/C=C\CC1C(=O)CCC1CC(=O)OCCC(CCCCCCCCC1CC1CCCCCCCC)C(CCCCCC)(CCCCCCCC)C(=O)O. The van der Waals surface area contributed by atoms with E-state index in [2.05, 4.69) is 39.8 Å². The zero-order chi connectivity index (χ0) is 40.0. The Morgan fingerprint density at radius 1 is 0.673 bits per heavy atom. The van der Waals surface area contributed by atoms with Gasteiger partial charge in [-0.1, -0.05) is 194 Å². The van der Waals surface area contributed by atoms with Crippen LogP contribution < -0.4 is 0 Å². The van der Waals surface area contributed by atoms with Crippen LogP contribution in [0.15, 0.2) is 12.2 Å². The van der Waals surface area contributed by atoms with Gasteiger partial charge in [0.25, 0.3) is 0 Å². The van der Waals surface area contributed by atoms with E-state index >= 15 is 0 Å². The summed E-state index contributed by atoms with van der Waals surface area (Å²) in [6.45, 7) is 9.12. The van der Waals surface area contributed by atoms with Crippen molar-refractivity contribution in [2.75, 3.05) is 6.61 Å². The highest BCUT2D eigenvalue weighted by Gasteiger charge is 2.44. The molecule has 6 atom stereocenters. The average molecular weight is 771 g/mol. The Hall–Kier alpha value is -1.65. The first kappa shape index (κ1) is 49.5. The van der Waals surface area contributed by atoms with E-state index in [4.69, 9.17) is 4.74 Å². The van der Waals surface area contributed by atoms with Crippen molar-refractivity contribution in [3.8, 4) is 0 Å². The molecule has 0 aliphatic heterocycles. The van der Waals surface area contributed by atoms with Crippen LogP contribution in [0.1, 0.15) is 246 Å². The van der Waals surface area contributed by atoms with Crippen molar-refractivity contribution in [3.05, 3.63) is 12.2 Å². The number of ether oxygens (including phenoxy) is 1. The van der Waals surface area contributed by atoms with Gasteiger partial charge in [-0.2, -0.15) is 0 Å². The van der Waals surface area contributed by atoms with Crippen LogP contribution in [0.4, 0.5) is 0 Å². The summed E-state index contributed by atoms with van der Waals surface area (Å²) in [7, 11) is 0. The summed E-state index contributed by atoms with van der Waals surface area (Å²) in [5.74, 6) is 1.43. The molecular weight excluding hydrogens is 681 g/mol. The lowest BCUT2D eigenvalue weighted by Gasteiger charge is -2.38. The van der Waals surface area contributed by atoms with E-state index in [1.54, 1.807) is 0 Å². The zero-order valence-electron chi connectivity index (χ0n) is 36.9. The number of rotatable bonds is 38. The van der Waals surface area contributed by atoms with Gasteiger partial charge in [-0.25, -0.2) is 0 Å². The molecule has 320 valence electrons. The van der Waals surface area contributed by atoms with Gasteiger partial charge in [0, 0.05) is 18.8 Å². The summed E-state index contributed by atoms with van der Waals surface area (Å²) in [5.41, 5.74) is -0.754. The second-order valence-corrected chi connectivity index (χ2v) is 18.2. The Kier molecular flexibility index (Phi) is 28.2. The molecule has 5 heteroatoms. The predicted octanol–water partition coefficient (Wildman–Crippen LogP) is 15.2. The molecule has 0 heterocycles. The predicted molar refractivity (Wildman–Crippen MR) is 232 cm³/mol. The Morgan fingerprint density at radius 2 is 1.18 bits per heavy atom. The smallest absolute Gasteiger partial charge is 0.309 e. The average Bonchev–Trinajstić information content (AvgIpc) is 3.84. The number of Topliss-reactive ketones (excluding diaryl/α,β-unsaturated/α-hetero) is 1. The molecule has 2 rings (SSSR count). The molecule has 0 radical (unpaired) electrons. The highest BCUT2D eigenvalue weighted by Crippen LogP contribution is 2.46. The number of allylic oxidation sites excluding steroid dienone is 2. The fourth-order valence-corrected chi connectivity index (χ4v) is 9.96. The van der Waals surface area contributed by atoms with E-state index in [1.165, 1.54) is 109 Å². The number of aliphatic carboxylic acids is 1. The molecule has 1 N–H and O–H groups in total. The number of hydrogen-bond donors (Lipinski definition) is 1. The molecule has 2 aliphatic rings. The molecule has 55 heavy (non-hydrogen) atoms. The first-order chi connectivity index (χ1) is 26.8. The maximum absolute atomic E-state index is 13.5. The van der Waals surface area contributed by atoms with Crippen molar-refractivity contribution in [2.45, 2.75) is 246 Å². The third-order valence-corrected chi connectivity index (χ3v) is 13.7. The van der Waals surface area contributed by atoms with Crippen LogP contribution in [0, 0.1) is 35.0 Å². The Bertz CT molecular complexity index is 1020. The maximum Gasteiger partial charge on any atom is 0.309 e. The van der Waals surface area contributed by atoms with Crippen LogP contribution in [0.5, 0.6) is 0 Å². The molecule has 0 spiro atoms. The summed E-state index contributed by atoms with van der Waals surface area (Å²) >= 11 is 0. The standard InChI is InChI=1S/C50H90O5/c1-5-9-13-16-20-25-30-42-40-43(42)31-26-21-18-19-22-27-32-45(36-39-55-48(52)41-44-34-35-47(51)46(44)33-24-12-8-4)50(49(53)54,37-28-15-11-7-3)38-29-23-17-14-10-6-2/h12,24,42-46H,5-11,13-23,25-41H2,1-4H3,(H,53,54)/b24-12-. The first-order valence-corrected chi connectivity index (χ1v) is 24.4. The van der Waals surface area contributed by atoms with Gasteiger partial charge in [0.15, 0.2) is 0 Å². The Labute approximate surface area is 340 Å². The van der Waals surface area contributed by atoms with Crippen LogP contribution in [0.25, 0.3) is 0 Å². The summed E-state index contributed by atoms with van der Waals surface area (Å²) < 4.78 is 5.92. The molecule has 5 nitrogen and oxygen atoms in total. The molecule has 0 saturated heterocycles. The van der Waals surface area contributed by atoms with E-state index in [0.29, 0.717) is 25.7 Å². The van der Waals surface area contributed by atoms with Gasteiger partial charge < -0.3 is 9.84 Å². The maximum atomic E-state index is 13.5. The summed E-state index contributed by atoms with van der Waals surface area (Å²) in [6, 6.07) is 0. The minimum atomic E-state index is -0.754. The summed E-state index contributed by atoms with van der Waals surface area (Å²) in [6.07, 6.45) is 42.0. The molecule has 2 saturated carbocycles. The van der Waals surface area contributed by atoms with Crippen LogP contribution in [-0.2, 0) is 19.1 Å². The van der Waals surface area contributed by atoms with Gasteiger partial charge >= 0.3 is 11.9 Å². The minimum Gasteiger partial charge on any atom is -0.481 e. The Balaban J connectivity index is 1.93. The van der Waals surface area contributed by atoms with E-state index in [1.807, 2.05) is 0 Å². The second kappa shape index (κ2) is 31.4. The fraction of sp³-hybridized carbons (Fsp3) is 0.900. The molecule has 2 aliphatic carbocycles. The molecule has 0 aromatic heterocycles. The van der Waals surface area contributed by atoms with Gasteiger partial charge in [-0.3, -0.25) is 14.4 Å². The highest BCUT2D eigenvalue weighted by molar-refractivity contribution is 5.84. The molecule has 6 unspecified atom stereocenters. The normalized spacial score (nSPS) is 21.3. The lowest BCUT2D eigenvalue weighted by atomic mass is 9.65. The molecule has 0 bridgehead atoms. The van der Waals surface area contributed by atoms with Crippen molar-refractivity contribution in [1.82, 2.24) is 0 Å². The summed E-state index contributed by atoms with van der Waals surface area (Å²) in [5, 5.41) is 11.0.